The van der Waals surface area contributed by atoms with Crippen molar-refractivity contribution in [1.29, 1.82) is 0 Å². The van der Waals surface area contributed by atoms with Crippen LogP contribution in [0.5, 0.6) is 5.75 Å². The lowest BCUT2D eigenvalue weighted by atomic mass is 9.85. The highest BCUT2D eigenvalue weighted by atomic mass is 35.5. The second-order valence-electron chi connectivity index (χ2n) is 8.06. The zero-order valence-electron chi connectivity index (χ0n) is 18.1. The molecule has 2 heterocycles. The molecule has 2 atom stereocenters. The molecule has 0 aliphatic carbocycles. The van der Waals surface area contributed by atoms with Crippen LogP contribution in [0.2, 0.25) is 5.02 Å². The van der Waals surface area contributed by atoms with Gasteiger partial charge in [0.05, 0.1) is 23.8 Å². The first-order valence-corrected chi connectivity index (χ1v) is 11.1. The minimum atomic E-state index is -0.939. The summed E-state index contributed by atoms with van der Waals surface area (Å²) < 4.78 is 5.55. The maximum atomic E-state index is 13.5. The monoisotopic (exact) mass is 460 g/mol. The minimum Gasteiger partial charge on any atom is -0.494 e. The fourth-order valence-electron chi connectivity index (χ4n) is 4.60. The normalized spacial score (nSPS) is 19.5. The van der Waals surface area contributed by atoms with Crippen LogP contribution in [0.4, 0.5) is 5.69 Å². The van der Waals surface area contributed by atoms with Crippen LogP contribution in [0.15, 0.2) is 66.7 Å². The number of ether oxygens (including phenoxy) is 1. The number of aryl methyl sites for hydroxylation is 1. The molecular weight excluding hydrogens is 440 g/mol. The van der Waals surface area contributed by atoms with Gasteiger partial charge in [-0.1, -0.05) is 35.9 Å². The van der Waals surface area contributed by atoms with Crippen molar-refractivity contribution in [1.82, 2.24) is 4.90 Å². The fraction of sp³-hybridized carbons (Fsp3) is 0.192. The molecule has 0 N–H and O–H groups in total. The number of amides is 3. The van der Waals surface area contributed by atoms with E-state index in [0.29, 0.717) is 34.2 Å². The summed E-state index contributed by atoms with van der Waals surface area (Å²) in [7, 11) is 0. The molecule has 2 aliphatic heterocycles. The van der Waals surface area contributed by atoms with Crippen molar-refractivity contribution in [3.05, 3.63) is 94.0 Å². The summed E-state index contributed by atoms with van der Waals surface area (Å²) in [6, 6.07) is 17.9. The number of benzene rings is 3. The Hall–Kier alpha value is -3.64. The van der Waals surface area contributed by atoms with Crippen LogP contribution in [0, 0.1) is 6.92 Å². The third kappa shape index (κ3) is 3.29. The topological polar surface area (TPSA) is 66.9 Å². The summed E-state index contributed by atoms with van der Waals surface area (Å²) in [6.07, 6.45) is 0. The molecule has 2 aliphatic rings. The molecule has 1 saturated heterocycles. The molecule has 6 nitrogen and oxygen atoms in total. The van der Waals surface area contributed by atoms with E-state index in [2.05, 4.69) is 0 Å². The van der Waals surface area contributed by atoms with E-state index in [0.717, 1.165) is 16.0 Å². The summed E-state index contributed by atoms with van der Waals surface area (Å²) in [5.41, 5.74) is 2.96. The van der Waals surface area contributed by atoms with Gasteiger partial charge in [0.15, 0.2) is 0 Å². The Morgan fingerprint density at radius 2 is 1.48 bits per heavy atom. The summed E-state index contributed by atoms with van der Waals surface area (Å²) >= 11 is 6.13. The molecule has 166 valence electrons. The Morgan fingerprint density at radius 1 is 0.848 bits per heavy atom. The van der Waals surface area contributed by atoms with Crippen LogP contribution in [0.1, 0.15) is 44.8 Å². The molecule has 0 aromatic heterocycles. The first-order chi connectivity index (χ1) is 15.9. The lowest BCUT2D eigenvalue weighted by molar-refractivity contribution is -0.130. The largest absolute Gasteiger partial charge is 0.494 e. The Labute approximate surface area is 196 Å². The number of carbonyl (C=O) groups excluding carboxylic acids is 3. The Balaban J connectivity index is 1.58. The molecule has 0 unspecified atom stereocenters. The summed E-state index contributed by atoms with van der Waals surface area (Å²) in [5, 5.41) is 0.568. The molecule has 3 amide bonds. The predicted molar refractivity (Wildman–Crippen MR) is 125 cm³/mol. The van der Waals surface area contributed by atoms with Crippen molar-refractivity contribution in [2.24, 2.45) is 0 Å². The van der Waals surface area contributed by atoms with E-state index in [-0.39, 0.29) is 5.91 Å². The zero-order chi connectivity index (χ0) is 23.3. The highest BCUT2D eigenvalue weighted by molar-refractivity contribution is 6.30. The molecule has 1 fully saturated rings. The van der Waals surface area contributed by atoms with Crippen molar-refractivity contribution >= 4 is 35.0 Å². The van der Waals surface area contributed by atoms with E-state index >= 15 is 0 Å². The van der Waals surface area contributed by atoms with Gasteiger partial charge < -0.3 is 9.64 Å². The zero-order valence-corrected chi connectivity index (χ0v) is 18.9. The van der Waals surface area contributed by atoms with Gasteiger partial charge in [0.25, 0.3) is 17.7 Å². The van der Waals surface area contributed by atoms with Crippen LogP contribution in [-0.2, 0) is 4.79 Å². The van der Waals surface area contributed by atoms with E-state index < -0.39 is 23.9 Å². The first-order valence-electron chi connectivity index (χ1n) is 10.7. The van der Waals surface area contributed by atoms with Crippen molar-refractivity contribution in [2.75, 3.05) is 11.5 Å². The number of fused-ring (bicyclic) bond motifs is 1. The van der Waals surface area contributed by atoms with Gasteiger partial charge in [0, 0.05) is 10.7 Å². The number of nitrogens with zero attached hydrogens (tertiary/aromatic N) is 2. The average molecular weight is 461 g/mol. The summed E-state index contributed by atoms with van der Waals surface area (Å²) in [5.74, 6) is -0.498. The number of halogens is 1. The minimum absolute atomic E-state index is 0.311. The summed E-state index contributed by atoms with van der Waals surface area (Å²) in [6.45, 7) is 4.32. The molecule has 7 heteroatoms. The SMILES string of the molecule is CCOc1ccc([C@H]2[C@H](N3C(=O)c4ccccc4C3=O)C(=O)N2c2ccc(Cl)cc2C)cc1. The molecule has 3 aromatic rings. The first kappa shape index (κ1) is 21.2. The molecule has 0 radical (unpaired) electrons. The number of imide groups is 1. The number of rotatable bonds is 5. The van der Waals surface area contributed by atoms with Crippen molar-refractivity contribution < 1.29 is 19.1 Å². The van der Waals surface area contributed by atoms with Crippen LogP contribution in [0.25, 0.3) is 0 Å². The van der Waals surface area contributed by atoms with Gasteiger partial charge in [-0.3, -0.25) is 19.3 Å². The third-order valence-electron chi connectivity index (χ3n) is 6.12. The van der Waals surface area contributed by atoms with Crippen LogP contribution in [-0.4, -0.2) is 35.3 Å². The fourth-order valence-corrected chi connectivity index (χ4v) is 4.83. The Kier molecular flexibility index (Phi) is 5.17. The highest BCUT2D eigenvalue weighted by Gasteiger charge is 2.57. The van der Waals surface area contributed by atoms with Gasteiger partial charge in [-0.25, -0.2) is 0 Å². The van der Waals surface area contributed by atoms with Gasteiger partial charge in [-0.2, -0.15) is 0 Å². The molecule has 33 heavy (non-hydrogen) atoms. The third-order valence-corrected chi connectivity index (χ3v) is 6.36. The van der Waals surface area contributed by atoms with E-state index in [1.54, 1.807) is 47.4 Å². The van der Waals surface area contributed by atoms with Gasteiger partial charge in [-0.15, -0.1) is 0 Å². The van der Waals surface area contributed by atoms with Crippen LogP contribution >= 0.6 is 11.6 Å². The van der Waals surface area contributed by atoms with Crippen LogP contribution in [0.3, 0.4) is 0 Å². The molecule has 3 aromatic carbocycles. The van der Waals surface area contributed by atoms with Gasteiger partial charge in [-0.05, 0) is 67.4 Å². The van der Waals surface area contributed by atoms with Crippen LogP contribution < -0.4 is 9.64 Å². The Morgan fingerprint density at radius 3 is 2.06 bits per heavy atom. The van der Waals surface area contributed by atoms with E-state index in [4.69, 9.17) is 16.3 Å². The number of β-lactam (4-membered cyclic amide) rings is 1. The second kappa shape index (κ2) is 8.05. The van der Waals surface area contributed by atoms with Gasteiger partial charge in [0.2, 0.25) is 0 Å². The maximum Gasteiger partial charge on any atom is 0.262 e. The maximum absolute atomic E-state index is 13.5. The lowest BCUT2D eigenvalue weighted by Crippen LogP contribution is -2.67. The highest BCUT2D eigenvalue weighted by Crippen LogP contribution is 2.45. The van der Waals surface area contributed by atoms with Crippen molar-refractivity contribution in [3.8, 4) is 5.75 Å². The van der Waals surface area contributed by atoms with E-state index in [9.17, 15) is 14.4 Å². The standard InChI is InChI=1S/C26H21ClN2O4/c1-3-33-18-11-8-16(9-12-18)22-23(26(32)28(22)21-13-10-17(27)14-15(21)2)29-24(30)19-6-4-5-7-20(19)25(29)31/h4-14,22-23H,3H2,1-2H3/t22-,23-/m0/s1. The number of anilines is 1. The van der Waals surface area contributed by atoms with Gasteiger partial charge in [0.1, 0.15) is 11.8 Å². The lowest BCUT2D eigenvalue weighted by Gasteiger charge is -2.50. The Bertz CT molecular complexity index is 1250. The average Bonchev–Trinajstić information content (AvgIpc) is 3.05. The quantitative estimate of drug-likeness (QED) is 0.405. The molecular formula is C26H21ClN2O4. The number of hydrogen-bond donors (Lipinski definition) is 0. The summed E-state index contributed by atoms with van der Waals surface area (Å²) in [4.78, 5) is 42.6. The molecule has 0 spiro atoms. The van der Waals surface area contributed by atoms with Crippen molar-refractivity contribution in [3.63, 3.8) is 0 Å². The molecule has 5 rings (SSSR count). The predicted octanol–water partition coefficient (Wildman–Crippen LogP) is 4.80. The van der Waals surface area contributed by atoms with Gasteiger partial charge >= 0.3 is 0 Å². The van der Waals surface area contributed by atoms with Crippen molar-refractivity contribution in [2.45, 2.75) is 25.9 Å². The molecule has 0 bridgehead atoms. The smallest absolute Gasteiger partial charge is 0.262 e. The number of carbonyl (C=O) groups is 3. The van der Waals surface area contributed by atoms with E-state index in [1.807, 2.05) is 38.1 Å². The second-order valence-corrected chi connectivity index (χ2v) is 8.49. The number of hydrogen-bond acceptors (Lipinski definition) is 4. The van der Waals surface area contributed by atoms with E-state index in [1.165, 1.54) is 0 Å². The molecule has 0 saturated carbocycles.